The zero-order chi connectivity index (χ0) is 17.3. The number of rotatable bonds is 3. The Labute approximate surface area is 137 Å². The highest BCUT2D eigenvalue weighted by Crippen LogP contribution is 2.27. The fourth-order valence-corrected chi connectivity index (χ4v) is 2.34. The first-order chi connectivity index (χ1) is 11.4. The van der Waals surface area contributed by atoms with Crippen LogP contribution < -0.4 is 16.4 Å². The topological polar surface area (TPSA) is 114 Å². The van der Waals surface area contributed by atoms with Gasteiger partial charge in [-0.25, -0.2) is 9.97 Å². The van der Waals surface area contributed by atoms with E-state index in [2.05, 4.69) is 20.6 Å². The van der Waals surface area contributed by atoms with Crippen molar-refractivity contribution in [1.29, 1.82) is 0 Å². The van der Waals surface area contributed by atoms with Crippen molar-refractivity contribution in [3.8, 4) is 11.3 Å². The highest BCUT2D eigenvalue weighted by atomic mass is 16.2. The number of fused-ring (bicyclic) bond motifs is 1. The summed E-state index contributed by atoms with van der Waals surface area (Å²) in [6.07, 6.45) is 3.16. The van der Waals surface area contributed by atoms with Crippen molar-refractivity contribution in [3.05, 3.63) is 36.7 Å². The van der Waals surface area contributed by atoms with Crippen LogP contribution in [-0.2, 0) is 9.59 Å². The molecule has 24 heavy (non-hydrogen) atoms. The number of hydrogen-bond acceptors (Lipinski definition) is 5. The van der Waals surface area contributed by atoms with Crippen molar-refractivity contribution in [1.82, 2.24) is 14.4 Å². The van der Waals surface area contributed by atoms with E-state index in [4.69, 9.17) is 5.73 Å². The lowest BCUT2D eigenvalue weighted by Gasteiger charge is -2.04. The van der Waals surface area contributed by atoms with Crippen LogP contribution in [0.3, 0.4) is 0 Å². The Morgan fingerprint density at radius 1 is 1.08 bits per heavy atom. The van der Waals surface area contributed by atoms with Crippen LogP contribution in [0.5, 0.6) is 0 Å². The van der Waals surface area contributed by atoms with Crippen LogP contribution in [-0.4, -0.2) is 26.2 Å². The number of imidazole rings is 1. The van der Waals surface area contributed by atoms with Gasteiger partial charge in [0, 0.05) is 25.1 Å². The summed E-state index contributed by atoms with van der Waals surface area (Å²) in [5, 5.41) is 5.31. The lowest BCUT2D eigenvalue weighted by atomic mass is 10.1. The number of nitrogen functional groups attached to an aromatic ring is 1. The van der Waals surface area contributed by atoms with Crippen LogP contribution in [0, 0.1) is 0 Å². The second-order valence-corrected chi connectivity index (χ2v) is 5.29. The molecule has 8 nitrogen and oxygen atoms in total. The Hall–Kier alpha value is -3.42. The third-order valence-electron chi connectivity index (χ3n) is 3.33. The zero-order valence-corrected chi connectivity index (χ0v) is 13.2. The second-order valence-electron chi connectivity index (χ2n) is 5.29. The monoisotopic (exact) mass is 324 g/mol. The molecule has 3 aromatic rings. The van der Waals surface area contributed by atoms with Gasteiger partial charge in [0.25, 0.3) is 0 Å². The van der Waals surface area contributed by atoms with Gasteiger partial charge in [-0.05, 0) is 12.1 Å². The Morgan fingerprint density at radius 2 is 1.75 bits per heavy atom. The van der Waals surface area contributed by atoms with E-state index >= 15 is 0 Å². The fourth-order valence-electron chi connectivity index (χ4n) is 2.34. The molecule has 2 aromatic heterocycles. The van der Waals surface area contributed by atoms with E-state index in [1.54, 1.807) is 22.7 Å². The maximum atomic E-state index is 11.1. The molecule has 4 N–H and O–H groups in total. The molecule has 0 radical (unpaired) electrons. The number of carbonyl (C=O) groups is 2. The molecule has 0 spiro atoms. The summed E-state index contributed by atoms with van der Waals surface area (Å²) in [6, 6.07) is 7.21. The number of aromatic nitrogens is 3. The fraction of sp³-hybridized carbons (Fsp3) is 0.125. The van der Waals surface area contributed by atoms with E-state index in [0.717, 1.165) is 5.56 Å². The van der Waals surface area contributed by atoms with Gasteiger partial charge in [-0.3, -0.25) is 14.0 Å². The molecule has 2 amide bonds. The molecule has 2 heterocycles. The number of amides is 2. The van der Waals surface area contributed by atoms with Crippen molar-refractivity contribution in [2.24, 2.45) is 0 Å². The first-order valence-corrected chi connectivity index (χ1v) is 7.23. The number of hydrogen-bond donors (Lipinski definition) is 3. The van der Waals surface area contributed by atoms with E-state index < -0.39 is 0 Å². The molecule has 0 bridgehead atoms. The standard InChI is InChI=1S/C16H16N6O2/c1-9(23)19-12-5-3-11(4-6-12)15-16(17)22-8-13(20-10(2)24)18-7-14(22)21-15/h3-8H,17H2,1-2H3,(H,19,23)(H,20,24). The van der Waals surface area contributed by atoms with Gasteiger partial charge in [-0.2, -0.15) is 0 Å². The molecule has 0 aliphatic heterocycles. The number of nitrogens with two attached hydrogens (primary N) is 1. The third kappa shape index (κ3) is 3.02. The summed E-state index contributed by atoms with van der Waals surface area (Å²) >= 11 is 0. The quantitative estimate of drug-likeness (QED) is 0.680. The largest absolute Gasteiger partial charge is 0.383 e. The van der Waals surface area contributed by atoms with Gasteiger partial charge in [0.15, 0.2) is 5.65 Å². The average Bonchev–Trinajstić information content (AvgIpc) is 2.84. The molecule has 0 saturated carbocycles. The minimum atomic E-state index is -0.214. The molecule has 0 atom stereocenters. The molecule has 0 aliphatic rings. The first kappa shape index (κ1) is 15.5. The van der Waals surface area contributed by atoms with E-state index in [-0.39, 0.29) is 11.8 Å². The molecule has 3 rings (SSSR count). The summed E-state index contributed by atoms with van der Waals surface area (Å²) in [6.45, 7) is 2.86. The molecule has 0 aliphatic carbocycles. The number of anilines is 3. The van der Waals surface area contributed by atoms with Crippen molar-refractivity contribution in [2.45, 2.75) is 13.8 Å². The van der Waals surface area contributed by atoms with Crippen molar-refractivity contribution in [2.75, 3.05) is 16.4 Å². The van der Waals surface area contributed by atoms with Crippen LogP contribution in [0.2, 0.25) is 0 Å². The van der Waals surface area contributed by atoms with Gasteiger partial charge >= 0.3 is 0 Å². The molecule has 8 heteroatoms. The molecular weight excluding hydrogens is 308 g/mol. The SMILES string of the molecule is CC(=O)Nc1ccc(-c2nc3cnc(NC(C)=O)cn3c2N)cc1. The van der Waals surface area contributed by atoms with E-state index in [1.807, 2.05) is 12.1 Å². The van der Waals surface area contributed by atoms with Gasteiger partial charge in [0.1, 0.15) is 17.3 Å². The maximum Gasteiger partial charge on any atom is 0.222 e. The van der Waals surface area contributed by atoms with Gasteiger partial charge in [0.05, 0.1) is 12.4 Å². The van der Waals surface area contributed by atoms with Crippen LogP contribution in [0.15, 0.2) is 36.7 Å². The van der Waals surface area contributed by atoms with Gasteiger partial charge in [-0.15, -0.1) is 0 Å². The molecular formula is C16H16N6O2. The number of carbonyl (C=O) groups excluding carboxylic acids is 2. The van der Waals surface area contributed by atoms with Crippen molar-refractivity contribution in [3.63, 3.8) is 0 Å². The molecule has 0 fully saturated rings. The summed E-state index contributed by atoms with van der Waals surface area (Å²) in [5.41, 5.74) is 8.86. The predicted octanol–water partition coefficient (Wildman–Crippen LogP) is 1.90. The summed E-state index contributed by atoms with van der Waals surface area (Å²) in [7, 11) is 0. The summed E-state index contributed by atoms with van der Waals surface area (Å²) < 4.78 is 1.66. The van der Waals surface area contributed by atoms with Crippen molar-refractivity contribution >= 4 is 34.8 Å². The molecule has 0 unspecified atom stereocenters. The van der Waals surface area contributed by atoms with Crippen LogP contribution in [0.4, 0.5) is 17.3 Å². The highest BCUT2D eigenvalue weighted by molar-refractivity contribution is 5.89. The Balaban J connectivity index is 1.99. The van der Waals surface area contributed by atoms with Gasteiger partial charge in [-0.1, -0.05) is 12.1 Å². The first-order valence-electron chi connectivity index (χ1n) is 7.23. The lowest BCUT2D eigenvalue weighted by Crippen LogP contribution is -2.08. The second kappa shape index (κ2) is 5.99. The van der Waals surface area contributed by atoms with Crippen LogP contribution >= 0.6 is 0 Å². The number of nitrogens with zero attached hydrogens (tertiary/aromatic N) is 3. The van der Waals surface area contributed by atoms with Crippen molar-refractivity contribution < 1.29 is 9.59 Å². The summed E-state index contributed by atoms with van der Waals surface area (Å²) in [5.74, 6) is 0.485. The van der Waals surface area contributed by atoms with Gasteiger partial charge < -0.3 is 16.4 Å². The molecule has 122 valence electrons. The minimum Gasteiger partial charge on any atom is -0.383 e. The smallest absolute Gasteiger partial charge is 0.222 e. The Morgan fingerprint density at radius 3 is 2.38 bits per heavy atom. The van der Waals surface area contributed by atoms with E-state index in [0.29, 0.717) is 28.7 Å². The lowest BCUT2D eigenvalue weighted by molar-refractivity contribution is -0.115. The van der Waals surface area contributed by atoms with E-state index in [9.17, 15) is 9.59 Å². The highest BCUT2D eigenvalue weighted by Gasteiger charge is 2.12. The Bertz CT molecular complexity index is 930. The zero-order valence-electron chi connectivity index (χ0n) is 13.2. The third-order valence-corrected chi connectivity index (χ3v) is 3.33. The maximum absolute atomic E-state index is 11.1. The van der Waals surface area contributed by atoms with Gasteiger partial charge in [0.2, 0.25) is 11.8 Å². The Kier molecular flexibility index (Phi) is 3.87. The predicted molar refractivity (Wildman–Crippen MR) is 91.4 cm³/mol. The summed E-state index contributed by atoms with van der Waals surface area (Å²) in [4.78, 5) is 30.8. The van der Waals surface area contributed by atoms with Crippen LogP contribution in [0.1, 0.15) is 13.8 Å². The average molecular weight is 324 g/mol. The number of benzene rings is 1. The van der Waals surface area contributed by atoms with Crippen LogP contribution in [0.25, 0.3) is 16.9 Å². The molecule has 0 saturated heterocycles. The normalized spacial score (nSPS) is 10.6. The number of nitrogens with one attached hydrogen (secondary N) is 2. The minimum absolute atomic E-state index is 0.133. The molecule has 1 aromatic carbocycles. The van der Waals surface area contributed by atoms with E-state index in [1.165, 1.54) is 20.0 Å².